The zero-order valence-electron chi connectivity index (χ0n) is 17.8. The molecule has 0 aliphatic rings. The third kappa shape index (κ3) is 3.78. The number of imidazole rings is 1. The third-order valence-corrected chi connectivity index (χ3v) is 6.03. The van der Waals surface area contributed by atoms with Crippen molar-refractivity contribution in [3.8, 4) is 17.3 Å². The van der Waals surface area contributed by atoms with Gasteiger partial charge in [-0.05, 0) is 35.9 Å². The molecule has 0 aliphatic heterocycles. The molecule has 0 amide bonds. The van der Waals surface area contributed by atoms with Crippen LogP contribution in [0.5, 0.6) is 5.88 Å². The summed E-state index contributed by atoms with van der Waals surface area (Å²) in [6.45, 7) is 0.377. The Labute approximate surface area is 189 Å². The van der Waals surface area contributed by atoms with E-state index in [1.165, 1.54) is 18.3 Å². The Morgan fingerprint density at radius 3 is 2.61 bits per heavy atom. The molecule has 0 saturated carbocycles. The highest BCUT2D eigenvalue weighted by Gasteiger charge is 2.21. The molecule has 3 heterocycles. The van der Waals surface area contributed by atoms with Gasteiger partial charge in [-0.1, -0.05) is 18.2 Å². The normalized spacial score (nSPS) is 12.0. The van der Waals surface area contributed by atoms with Crippen molar-refractivity contribution < 1.29 is 17.9 Å². The molecule has 0 aliphatic carbocycles. The molecule has 10 heteroatoms. The van der Waals surface area contributed by atoms with Crippen molar-refractivity contribution in [1.29, 1.82) is 0 Å². The topological polar surface area (TPSA) is 102 Å². The Morgan fingerprint density at radius 1 is 1.12 bits per heavy atom. The van der Waals surface area contributed by atoms with Gasteiger partial charge in [0.1, 0.15) is 22.7 Å². The number of nitrogens with zero attached hydrogens (tertiary/aromatic N) is 4. The number of anilines is 1. The minimum atomic E-state index is -3.52. The molecule has 0 unspecified atom stereocenters. The number of hydrogen-bond acceptors (Lipinski definition) is 5. The fourth-order valence-electron chi connectivity index (χ4n) is 4.08. The summed E-state index contributed by atoms with van der Waals surface area (Å²) in [5.74, 6) is 0.154. The zero-order chi connectivity index (χ0) is 23.3. The van der Waals surface area contributed by atoms with Crippen molar-refractivity contribution in [3.05, 3.63) is 72.3 Å². The number of pyridine rings is 1. The Kier molecular flexibility index (Phi) is 4.82. The lowest BCUT2D eigenvalue weighted by Crippen LogP contribution is -2.09. The fraction of sp³-hybridized carbons (Fsp3) is 0.130. The molecule has 33 heavy (non-hydrogen) atoms. The van der Waals surface area contributed by atoms with Gasteiger partial charge in [-0.15, -0.1) is 0 Å². The van der Waals surface area contributed by atoms with E-state index >= 15 is 0 Å². The number of nitrogens with one attached hydrogen (secondary N) is 1. The Hall–Kier alpha value is -3.92. The van der Waals surface area contributed by atoms with E-state index in [2.05, 4.69) is 9.71 Å². The molecule has 8 nitrogen and oxygen atoms in total. The second-order valence-electron chi connectivity index (χ2n) is 7.88. The summed E-state index contributed by atoms with van der Waals surface area (Å²) >= 11 is 0. The molecule has 0 bridgehead atoms. The monoisotopic (exact) mass is 465 g/mol. The van der Waals surface area contributed by atoms with Crippen LogP contribution in [0.1, 0.15) is 5.56 Å². The van der Waals surface area contributed by atoms with Gasteiger partial charge < -0.3 is 14.2 Å². The number of benzene rings is 2. The molecule has 168 valence electrons. The van der Waals surface area contributed by atoms with Crippen molar-refractivity contribution in [2.45, 2.75) is 6.54 Å². The first-order valence-corrected chi connectivity index (χ1v) is 12.0. The Bertz CT molecular complexity index is 1620. The molecular weight excluding hydrogens is 445 g/mol. The maximum absolute atomic E-state index is 13.5. The van der Waals surface area contributed by atoms with Crippen LogP contribution < -0.4 is 4.72 Å². The van der Waals surface area contributed by atoms with E-state index < -0.39 is 10.0 Å². The van der Waals surface area contributed by atoms with Crippen LogP contribution in [0.25, 0.3) is 33.3 Å². The SMILES string of the molecule is Cn1cc(-c2nc3c(NS(C)(=O)=O)cccc3n2Cc2ccc(F)cc2)c2ccnc(O)c21. The number of para-hydroxylation sites is 1. The van der Waals surface area contributed by atoms with E-state index in [4.69, 9.17) is 4.98 Å². The quantitative estimate of drug-likeness (QED) is 0.411. The number of rotatable bonds is 5. The van der Waals surface area contributed by atoms with E-state index in [0.717, 1.165) is 22.8 Å². The summed E-state index contributed by atoms with van der Waals surface area (Å²) in [5, 5.41) is 11.0. The van der Waals surface area contributed by atoms with Gasteiger partial charge in [0, 0.05) is 36.9 Å². The molecule has 0 radical (unpaired) electrons. The van der Waals surface area contributed by atoms with Gasteiger partial charge in [-0.2, -0.15) is 0 Å². The molecule has 0 fully saturated rings. The first-order chi connectivity index (χ1) is 15.7. The number of fused-ring (bicyclic) bond motifs is 2. The molecule has 3 aromatic heterocycles. The van der Waals surface area contributed by atoms with E-state index in [-0.39, 0.29) is 11.7 Å². The van der Waals surface area contributed by atoms with Gasteiger partial charge in [-0.3, -0.25) is 4.72 Å². The number of aromatic nitrogens is 4. The first kappa shape index (κ1) is 21.0. The highest BCUT2D eigenvalue weighted by atomic mass is 32.2. The van der Waals surface area contributed by atoms with Crippen LogP contribution in [0.3, 0.4) is 0 Å². The summed E-state index contributed by atoms with van der Waals surface area (Å²) in [5.41, 5.74) is 3.70. The lowest BCUT2D eigenvalue weighted by Gasteiger charge is -2.10. The number of aromatic hydroxyl groups is 1. The molecule has 0 saturated heterocycles. The van der Waals surface area contributed by atoms with Crippen LogP contribution in [0.4, 0.5) is 10.1 Å². The molecule has 2 aromatic carbocycles. The fourth-order valence-corrected chi connectivity index (χ4v) is 4.65. The minimum Gasteiger partial charge on any atom is -0.492 e. The van der Waals surface area contributed by atoms with Crippen molar-refractivity contribution in [2.24, 2.45) is 7.05 Å². The van der Waals surface area contributed by atoms with Crippen LogP contribution in [0.15, 0.2) is 60.9 Å². The minimum absolute atomic E-state index is 0.0955. The lowest BCUT2D eigenvalue weighted by molar-refractivity contribution is 0.457. The second-order valence-corrected chi connectivity index (χ2v) is 9.63. The van der Waals surface area contributed by atoms with E-state index in [9.17, 15) is 17.9 Å². The van der Waals surface area contributed by atoms with Crippen LogP contribution in [0.2, 0.25) is 0 Å². The molecule has 0 atom stereocenters. The van der Waals surface area contributed by atoms with Crippen LogP contribution in [-0.2, 0) is 23.6 Å². The maximum Gasteiger partial charge on any atom is 0.236 e. The van der Waals surface area contributed by atoms with Crippen LogP contribution in [0, 0.1) is 5.82 Å². The average Bonchev–Trinajstić information content (AvgIpc) is 3.28. The summed E-state index contributed by atoms with van der Waals surface area (Å²) in [4.78, 5) is 8.79. The zero-order valence-corrected chi connectivity index (χ0v) is 18.6. The first-order valence-electron chi connectivity index (χ1n) is 10.1. The van der Waals surface area contributed by atoms with Crippen molar-refractivity contribution >= 4 is 37.6 Å². The van der Waals surface area contributed by atoms with E-state index in [1.54, 1.807) is 41.9 Å². The third-order valence-electron chi connectivity index (χ3n) is 5.44. The Balaban J connectivity index is 1.79. The molecule has 5 rings (SSSR count). The predicted molar refractivity (Wildman–Crippen MR) is 125 cm³/mol. The predicted octanol–water partition coefficient (Wildman–Crippen LogP) is 3.85. The Morgan fingerprint density at radius 2 is 1.88 bits per heavy atom. The number of hydrogen-bond donors (Lipinski definition) is 2. The summed E-state index contributed by atoms with van der Waals surface area (Å²) in [7, 11) is -1.72. The van der Waals surface area contributed by atoms with Gasteiger partial charge in [0.05, 0.1) is 17.5 Å². The molecule has 2 N–H and O–H groups in total. The van der Waals surface area contributed by atoms with Crippen LogP contribution in [-0.4, -0.2) is 38.9 Å². The van der Waals surface area contributed by atoms with Gasteiger partial charge in [0.15, 0.2) is 0 Å². The summed E-state index contributed by atoms with van der Waals surface area (Å²) < 4.78 is 43.6. The summed E-state index contributed by atoms with van der Waals surface area (Å²) in [6.07, 6.45) is 4.45. The van der Waals surface area contributed by atoms with Gasteiger partial charge in [-0.25, -0.2) is 22.8 Å². The highest BCUT2D eigenvalue weighted by molar-refractivity contribution is 7.92. The highest BCUT2D eigenvalue weighted by Crippen LogP contribution is 2.36. The average molecular weight is 466 g/mol. The van der Waals surface area contributed by atoms with Crippen molar-refractivity contribution in [2.75, 3.05) is 11.0 Å². The molecule has 5 aromatic rings. The lowest BCUT2D eigenvalue weighted by atomic mass is 10.1. The largest absolute Gasteiger partial charge is 0.492 e. The van der Waals surface area contributed by atoms with Gasteiger partial charge in [0.2, 0.25) is 15.9 Å². The maximum atomic E-state index is 13.5. The number of halogens is 1. The van der Waals surface area contributed by atoms with Crippen molar-refractivity contribution in [1.82, 2.24) is 19.1 Å². The molecule has 0 spiro atoms. The smallest absolute Gasteiger partial charge is 0.236 e. The standard InChI is InChI=1S/C23H20FN5O3S/c1-28-13-17(16-10-11-25-23(30)21(16)28)22-26-20-18(27-33(2,31)32)4-3-5-19(20)29(22)12-14-6-8-15(24)9-7-14/h3-11,13,27H,12H2,1-2H3,(H,25,30). The van der Waals surface area contributed by atoms with Crippen LogP contribution >= 0.6 is 0 Å². The summed E-state index contributed by atoms with van der Waals surface area (Å²) in [6, 6.07) is 13.2. The number of sulfonamides is 1. The van der Waals surface area contributed by atoms with Gasteiger partial charge >= 0.3 is 0 Å². The van der Waals surface area contributed by atoms with Gasteiger partial charge in [0.25, 0.3) is 0 Å². The number of aryl methyl sites for hydroxylation is 1. The van der Waals surface area contributed by atoms with Crippen molar-refractivity contribution in [3.63, 3.8) is 0 Å². The van der Waals surface area contributed by atoms with E-state index in [1.807, 2.05) is 16.8 Å². The second kappa shape index (κ2) is 7.59. The molecular formula is C23H20FN5O3S. The van der Waals surface area contributed by atoms with E-state index in [0.29, 0.717) is 34.6 Å².